The zero-order valence-corrected chi connectivity index (χ0v) is 30.9. The van der Waals surface area contributed by atoms with Crippen LogP contribution in [-0.2, 0) is 0 Å². The second kappa shape index (κ2) is 16.8. The summed E-state index contributed by atoms with van der Waals surface area (Å²) in [5.41, 5.74) is 0. The van der Waals surface area contributed by atoms with Crippen molar-refractivity contribution < 1.29 is 48.0 Å². The Morgan fingerprint density at radius 3 is 0.568 bits per heavy atom. The molecule has 0 amide bonds. The van der Waals surface area contributed by atoms with Crippen molar-refractivity contribution in [3.05, 3.63) is 182 Å². The van der Waals surface area contributed by atoms with E-state index in [4.69, 9.17) is 0 Å². The van der Waals surface area contributed by atoms with Crippen LogP contribution in [0, 0.1) is 0 Å². The molecule has 6 aromatic rings. The van der Waals surface area contributed by atoms with Crippen LogP contribution < -0.4 is 79.8 Å². The van der Waals surface area contributed by atoms with Gasteiger partial charge in [-0.05, 0) is 85.6 Å². The van der Waals surface area contributed by atoms with Gasteiger partial charge in [-0.3, -0.25) is 0 Å². The predicted octanol–water partition coefficient (Wildman–Crippen LogP) is 1.76. The fraction of sp³-hybridized carbons (Fsp3) is 0.100. The van der Waals surface area contributed by atoms with E-state index in [-0.39, 0.29) is 48.0 Å². The van der Waals surface area contributed by atoms with E-state index in [1.165, 1.54) is 44.7 Å². The van der Waals surface area contributed by atoms with Gasteiger partial charge in [-0.2, -0.15) is 0 Å². The molecule has 0 aliphatic rings. The van der Waals surface area contributed by atoms with Crippen LogP contribution in [0.15, 0.2) is 182 Å². The lowest BCUT2D eigenvalue weighted by Crippen LogP contribution is -3.00. The molecule has 0 aromatic heterocycles. The number of halogens is 2. The minimum atomic E-state index is -1.84. The molecule has 0 heterocycles. The van der Waals surface area contributed by atoms with Crippen LogP contribution in [-0.4, -0.2) is 12.3 Å². The van der Waals surface area contributed by atoms with Gasteiger partial charge in [0, 0.05) is 0 Å². The van der Waals surface area contributed by atoms with Gasteiger partial charge < -0.3 is 48.0 Å². The Hall–Kier alpha value is -2.36. The Bertz CT molecular complexity index is 1330. The molecule has 44 heavy (non-hydrogen) atoms. The van der Waals surface area contributed by atoms with E-state index in [9.17, 15) is 0 Å². The Kier molecular flexibility index (Phi) is 13.2. The Morgan fingerprint density at radius 1 is 0.250 bits per heavy atom. The number of hydrogen-bond donors (Lipinski definition) is 0. The molecule has 0 saturated heterocycles. The number of hydrogen-bond acceptors (Lipinski definition) is 0. The van der Waals surface area contributed by atoms with Crippen LogP contribution in [0.2, 0.25) is 0 Å². The summed E-state index contributed by atoms with van der Waals surface area (Å²) in [4.78, 5) is 0. The van der Waals surface area contributed by atoms with E-state index in [1.54, 1.807) is 0 Å². The van der Waals surface area contributed by atoms with Crippen LogP contribution in [0.3, 0.4) is 0 Å². The number of rotatable bonds is 11. The van der Waals surface area contributed by atoms with Crippen molar-refractivity contribution in [2.75, 3.05) is 12.3 Å². The minimum absolute atomic E-state index is 0. The van der Waals surface area contributed by atoms with Gasteiger partial charge in [0.05, 0.1) is 12.3 Å². The average Bonchev–Trinajstić information content (AvgIpc) is 3.09. The van der Waals surface area contributed by atoms with Crippen LogP contribution in [0.4, 0.5) is 0 Å². The van der Waals surface area contributed by atoms with Crippen molar-refractivity contribution in [1.29, 1.82) is 0 Å². The highest BCUT2D eigenvalue weighted by Gasteiger charge is 2.47. The molecule has 0 N–H and O–H groups in total. The smallest absolute Gasteiger partial charge is 0.112 e. The molecule has 4 heteroatoms. The summed E-state index contributed by atoms with van der Waals surface area (Å²) < 4.78 is 0. The summed E-state index contributed by atoms with van der Waals surface area (Å²) in [7, 11) is -3.68. The molecule has 0 aliphatic carbocycles. The van der Waals surface area contributed by atoms with Crippen LogP contribution in [0.1, 0.15) is 12.8 Å². The van der Waals surface area contributed by atoms with Crippen molar-refractivity contribution in [3.8, 4) is 0 Å². The van der Waals surface area contributed by atoms with Gasteiger partial charge in [-0.1, -0.05) is 109 Å². The van der Waals surface area contributed by atoms with Gasteiger partial charge in [0.15, 0.2) is 0 Å². The maximum Gasteiger partial charge on any atom is 0.112 e. The standard InChI is InChI=1S/C40H38P2.2HI/c1-7-21-35(22-8-1)41(36-23-9-2-10-24-36,37-25-11-3-12-26-37)33-19-20-34-42(38-27-13-4-14-28-38,39-29-15-5-16-30-39)40-31-17-6-18-32-40;;/h1-18,21-32H,19-20,33-34H2;2*1H/q+2;;/p-2. The molecular weight excluding hydrogens is 796 g/mol. The van der Waals surface area contributed by atoms with Gasteiger partial charge in [-0.15, -0.1) is 0 Å². The fourth-order valence-corrected chi connectivity index (χ4v) is 15.3. The zero-order valence-electron chi connectivity index (χ0n) is 24.8. The molecule has 222 valence electrons. The monoisotopic (exact) mass is 834 g/mol. The van der Waals surface area contributed by atoms with E-state index in [0.717, 1.165) is 12.3 Å². The normalized spacial score (nSPS) is 11.2. The van der Waals surface area contributed by atoms with Gasteiger partial charge in [0.1, 0.15) is 46.4 Å². The molecule has 0 atom stereocenters. The first kappa shape index (κ1) is 34.5. The van der Waals surface area contributed by atoms with Crippen molar-refractivity contribution >= 4 is 46.4 Å². The summed E-state index contributed by atoms with van der Waals surface area (Å²) in [5, 5.41) is 8.82. The van der Waals surface area contributed by atoms with E-state index < -0.39 is 14.5 Å². The highest BCUT2D eigenvalue weighted by atomic mass is 127. The minimum Gasteiger partial charge on any atom is -1.00 e. The van der Waals surface area contributed by atoms with Crippen LogP contribution in [0.5, 0.6) is 0 Å². The van der Waals surface area contributed by atoms with Gasteiger partial charge in [0.2, 0.25) is 0 Å². The quantitative estimate of drug-likeness (QED) is 0.106. The van der Waals surface area contributed by atoms with E-state index >= 15 is 0 Å². The molecule has 6 rings (SSSR count). The Morgan fingerprint density at radius 2 is 0.409 bits per heavy atom. The van der Waals surface area contributed by atoms with Gasteiger partial charge in [-0.25, -0.2) is 0 Å². The summed E-state index contributed by atoms with van der Waals surface area (Å²) in [6.45, 7) is 0. The molecule has 0 spiro atoms. The third-order valence-electron chi connectivity index (χ3n) is 8.42. The number of benzene rings is 6. The van der Waals surface area contributed by atoms with Crippen molar-refractivity contribution in [3.63, 3.8) is 0 Å². The zero-order chi connectivity index (χ0) is 28.5. The highest BCUT2D eigenvalue weighted by Crippen LogP contribution is 2.58. The Balaban J connectivity index is 0.00000221. The fourth-order valence-electron chi connectivity index (χ4n) is 6.46. The SMILES string of the molecule is [I-].[I-].c1ccc([P+](CCCC[P+](c2ccccc2)(c2ccccc2)c2ccccc2)(c2ccccc2)c2ccccc2)cc1. The molecule has 0 aliphatic heterocycles. The van der Waals surface area contributed by atoms with Gasteiger partial charge in [0.25, 0.3) is 0 Å². The summed E-state index contributed by atoms with van der Waals surface area (Å²) in [5.74, 6) is 0. The first-order valence-electron chi connectivity index (χ1n) is 14.9. The molecule has 0 fully saturated rings. The summed E-state index contributed by atoms with van der Waals surface area (Å²) in [6.07, 6.45) is 4.65. The van der Waals surface area contributed by atoms with Crippen LogP contribution >= 0.6 is 14.5 Å². The second-order valence-corrected chi connectivity index (χ2v) is 18.0. The second-order valence-electron chi connectivity index (χ2n) is 10.8. The molecule has 6 aromatic carbocycles. The van der Waals surface area contributed by atoms with E-state index in [2.05, 4.69) is 182 Å². The summed E-state index contributed by atoms with van der Waals surface area (Å²) in [6, 6.07) is 67.8. The third kappa shape index (κ3) is 7.20. The maximum atomic E-state index is 2.36. The molecule has 0 saturated carbocycles. The highest BCUT2D eigenvalue weighted by molar-refractivity contribution is 7.96. The lowest BCUT2D eigenvalue weighted by molar-refractivity contribution is -0.00100. The first-order valence-corrected chi connectivity index (χ1v) is 18.9. The third-order valence-corrected chi connectivity index (χ3v) is 17.5. The molecule has 0 bridgehead atoms. The number of unbranched alkanes of at least 4 members (excludes halogenated alkanes) is 1. The lowest BCUT2D eigenvalue weighted by Gasteiger charge is -2.29. The topological polar surface area (TPSA) is 0 Å². The molecule has 0 unspecified atom stereocenters. The van der Waals surface area contributed by atoms with E-state index in [1.807, 2.05) is 0 Å². The predicted molar refractivity (Wildman–Crippen MR) is 189 cm³/mol. The lowest BCUT2D eigenvalue weighted by atomic mass is 10.3. The average molecular weight is 835 g/mol. The van der Waals surface area contributed by atoms with Crippen LogP contribution in [0.25, 0.3) is 0 Å². The van der Waals surface area contributed by atoms with Gasteiger partial charge >= 0.3 is 0 Å². The largest absolute Gasteiger partial charge is 1.00 e. The maximum absolute atomic E-state index is 2.36. The van der Waals surface area contributed by atoms with Crippen molar-refractivity contribution in [2.24, 2.45) is 0 Å². The molecular formula is C40H38I2P2. The van der Waals surface area contributed by atoms with Crippen molar-refractivity contribution in [2.45, 2.75) is 12.8 Å². The molecule has 0 radical (unpaired) electrons. The molecule has 0 nitrogen and oxygen atoms in total. The van der Waals surface area contributed by atoms with Crippen molar-refractivity contribution in [1.82, 2.24) is 0 Å². The Labute approximate surface area is 299 Å². The first-order chi connectivity index (χ1) is 20.8. The van der Waals surface area contributed by atoms with E-state index in [0.29, 0.717) is 0 Å². The summed E-state index contributed by atoms with van der Waals surface area (Å²) >= 11 is 0.